The van der Waals surface area contributed by atoms with Crippen LogP contribution in [0.1, 0.15) is 34.1 Å². The Balaban J connectivity index is 1.72. The molecule has 1 aliphatic rings. The van der Waals surface area contributed by atoms with E-state index >= 15 is 0 Å². The molecule has 1 saturated heterocycles. The van der Waals surface area contributed by atoms with Gasteiger partial charge >= 0.3 is 5.97 Å². The van der Waals surface area contributed by atoms with Crippen molar-refractivity contribution in [3.05, 3.63) is 59.9 Å². The Morgan fingerprint density at radius 2 is 1.96 bits per heavy atom. The minimum absolute atomic E-state index is 0.174. The van der Waals surface area contributed by atoms with Crippen molar-refractivity contribution in [1.82, 2.24) is 9.88 Å². The second kappa shape index (κ2) is 6.95. The van der Waals surface area contributed by atoms with Gasteiger partial charge in [-0.25, -0.2) is 0 Å². The molecule has 7 nitrogen and oxygen atoms in total. The van der Waals surface area contributed by atoms with Gasteiger partial charge in [-0.1, -0.05) is 6.07 Å². The van der Waals surface area contributed by atoms with Crippen LogP contribution in [0.3, 0.4) is 0 Å². The van der Waals surface area contributed by atoms with Crippen LogP contribution in [0.5, 0.6) is 0 Å². The van der Waals surface area contributed by atoms with Crippen LogP contribution in [0.4, 0.5) is 5.69 Å². The van der Waals surface area contributed by atoms with Gasteiger partial charge in [-0.3, -0.25) is 19.4 Å². The number of anilines is 1. The fourth-order valence-corrected chi connectivity index (χ4v) is 2.92. The minimum atomic E-state index is -0.915. The smallest absolute Gasteiger partial charge is 0.311 e. The van der Waals surface area contributed by atoms with Crippen LogP contribution in [-0.2, 0) is 4.79 Å². The Kier molecular flexibility index (Phi) is 4.71. The first kappa shape index (κ1) is 17.6. The SMILES string of the molecule is CC1(C(=O)O)CCN(C(=O)c2cccc(NC(=O)c3cccnc3)c2)C1. The number of pyridine rings is 1. The van der Waals surface area contributed by atoms with E-state index in [0.29, 0.717) is 29.8 Å². The fraction of sp³-hybridized carbons (Fsp3) is 0.263. The van der Waals surface area contributed by atoms with Crippen molar-refractivity contribution in [2.75, 3.05) is 18.4 Å². The molecule has 0 bridgehead atoms. The summed E-state index contributed by atoms with van der Waals surface area (Å²) in [5.41, 5.74) is 0.399. The summed E-state index contributed by atoms with van der Waals surface area (Å²) in [6.07, 6.45) is 3.46. The first-order valence-electron chi connectivity index (χ1n) is 8.23. The lowest BCUT2D eigenvalue weighted by Gasteiger charge is -2.20. The summed E-state index contributed by atoms with van der Waals surface area (Å²) in [6.45, 7) is 2.22. The number of hydrogen-bond donors (Lipinski definition) is 2. The highest BCUT2D eigenvalue weighted by Crippen LogP contribution is 2.31. The summed E-state index contributed by atoms with van der Waals surface area (Å²) in [4.78, 5) is 41.7. The summed E-state index contributed by atoms with van der Waals surface area (Å²) >= 11 is 0. The number of carbonyl (C=O) groups is 3. The Morgan fingerprint density at radius 3 is 2.62 bits per heavy atom. The first-order valence-corrected chi connectivity index (χ1v) is 8.23. The van der Waals surface area contributed by atoms with Crippen LogP contribution >= 0.6 is 0 Å². The zero-order valence-electron chi connectivity index (χ0n) is 14.3. The zero-order valence-corrected chi connectivity index (χ0v) is 14.3. The van der Waals surface area contributed by atoms with Crippen molar-refractivity contribution >= 4 is 23.5 Å². The number of carboxylic acid groups (broad SMARTS) is 1. The predicted molar refractivity (Wildman–Crippen MR) is 94.9 cm³/mol. The van der Waals surface area contributed by atoms with Gasteiger partial charge in [0.2, 0.25) is 0 Å². The molecule has 2 heterocycles. The van der Waals surface area contributed by atoms with Crippen LogP contribution in [-0.4, -0.2) is 45.9 Å². The molecular formula is C19H19N3O4. The molecule has 0 saturated carbocycles. The van der Waals surface area contributed by atoms with E-state index in [1.807, 2.05) is 0 Å². The molecule has 1 aliphatic heterocycles. The van der Waals surface area contributed by atoms with Gasteiger partial charge in [-0.2, -0.15) is 0 Å². The lowest BCUT2D eigenvalue weighted by molar-refractivity contribution is -0.147. The molecule has 1 fully saturated rings. The van der Waals surface area contributed by atoms with Crippen molar-refractivity contribution in [1.29, 1.82) is 0 Å². The topological polar surface area (TPSA) is 99.6 Å². The highest BCUT2D eigenvalue weighted by Gasteiger charge is 2.42. The number of carboxylic acids is 1. The van der Waals surface area contributed by atoms with E-state index in [-0.39, 0.29) is 18.4 Å². The normalized spacial score (nSPS) is 19.2. The van der Waals surface area contributed by atoms with Gasteiger partial charge in [-0.15, -0.1) is 0 Å². The number of amides is 2. The van der Waals surface area contributed by atoms with Gasteiger partial charge in [0.15, 0.2) is 0 Å². The summed E-state index contributed by atoms with van der Waals surface area (Å²) in [7, 11) is 0. The van der Waals surface area contributed by atoms with E-state index in [1.54, 1.807) is 49.5 Å². The number of carbonyl (C=O) groups excluding carboxylic acids is 2. The van der Waals surface area contributed by atoms with Crippen molar-refractivity contribution in [2.45, 2.75) is 13.3 Å². The number of aliphatic carboxylic acids is 1. The number of benzene rings is 1. The van der Waals surface area contributed by atoms with Crippen molar-refractivity contribution in [3.63, 3.8) is 0 Å². The average Bonchev–Trinajstić information content (AvgIpc) is 3.06. The molecule has 3 rings (SSSR count). The zero-order chi connectivity index (χ0) is 18.7. The molecule has 26 heavy (non-hydrogen) atoms. The molecule has 0 spiro atoms. The van der Waals surface area contributed by atoms with Crippen LogP contribution in [0.2, 0.25) is 0 Å². The molecule has 7 heteroatoms. The van der Waals surface area contributed by atoms with Crippen molar-refractivity contribution in [3.8, 4) is 0 Å². The Hall–Kier alpha value is -3.22. The van der Waals surface area contributed by atoms with Crippen LogP contribution < -0.4 is 5.32 Å². The molecule has 2 amide bonds. The number of nitrogens with zero attached hydrogens (tertiary/aromatic N) is 2. The van der Waals surface area contributed by atoms with E-state index in [4.69, 9.17) is 0 Å². The van der Waals surface area contributed by atoms with Gasteiger partial charge in [0.1, 0.15) is 0 Å². The van der Waals surface area contributed by atoms with Gasteiger partial charge in [0.05, 0.1) is 11.0 Å². The van der Waals surface area contributed by atoms with Gasteiger partial charge in [0, 0.05) is 36.7 Å². The monoisotopic (exact) mass is 353 g/mol. The largest absolute Gasteiger partial charge is 0.481 e. The van der Waals surface area contributed by atoms with Crippen molar-refractivity contribution < 1.29 is 19.5 Å². The lowest BCUT2D eigenvalue weighted by atomic mass is 9.90. The van der Waals surface area contributed by atoms with E-state index in [1.165, 1.54) is 11.1 Å². The Labute approximate surface area is 150 Å². The molecule has 2 N–H and O–H groups in total. The molecule has 1 aromatic carbocycles. The summed E-state index contributed by atoms with van der Waals surface area (Å²) in [5, 5.41) is 12.0. The van der Waals surface area contributed by atoms with Gasteiger partial charge in [-0.05, 0) is 43.7 Å². The fourth-order valence-electron chi connectivity index (χ4n) is 2.92. The van der Waals surface area contributed by atoms with E-state index in [9.17, 15) is 19.5 Å². The van der Waals surface area contributed by atoms with Crippen molar-refractivity contribution in [2.24, 2.45) is 5.41 Å². The standard InChI is InChI=1S/C19H19N3O4/c1-19(18(25)26)7-9-22(12-19)17(24)13-4-2-6-15(10-13)21-16(23)14-5-3-8-20-11-14/h2-6,8,10-11H,7,9,12H2,1H3,(H,21,23)(H,25,26). The predicted octanol–water partition coefficient (Wildman–Crippen LogP) is 2.27. The molecule has 1 atom stereocenters. The quantitative estimate of drug-likeness (QED) is 0.878. The third-order valence-electron chi connectivity index (χ3n) is 4.57. The van der Waals surface area contributed by atoms with E-state index in [2.05, 4.69) is 10.3 Å². The number of aromatic nitrogens is 1. The number of likely N-dealkylation sites (tertiary alicyclic amines) is 1. The minimum Gasteiger partial charge on any atom is -0.481 e. The number of hydrogen-bond acceptors (Lipinski definition) is 4. The van der Waals surface area contributed by atoms with Crippen LogP contribution in [0.15, 0.2) is 48.8 Å². The molecule has 1 aromatic heterocycles. The average molecular weight is 353 g/mol. The summed E-state index contributed by atoms with van der Waals surface area (Å²) < 4.78 is 0. The summed E-state index contributed by atoms with van der Waals surface area (Å²) in [5.74, 6) is -1.46. The van der Waals surface area contributed by atoms with E-state index < -0.39 is 11.4 Å². The summed E-state index contributed by atoms with van der Waals surface area (Å²) in [6, 6.07) is 9.93. The molecular weight excluding hydrogens is 334 g/mol. The maximum absolute atomic E-state index is 12.7. The number of rotatable bonds is 4. The van der Waals surface area contributed by atoms with Gasteiger partial charge < -0.3 is 15.3 Å². The molecule has 1 unspecified atom stereocenters. The third-order valence-corrected chi connectivity index (χ3v) is 4.57. The maximum Gasteiger partial charge on any atom is 0.311 e. The maximum atomic E-state index is 12.7. The highest BCUT2D eigenvalue weighted by atomic mass is 16.4. The van der Waals surface area contributed by atoms with Gasteiger partial charge in [0.25, 0.3) is 11.8 Å². The third kappa shape index (κ3) is 3.56. The lowest BCUT2D eigenvalue weighted by Crippen LogP contribution is -2.34. The highest BCUT2D eigenvalue weighted by molar-refractivity contribution is 6.05. The second-order valence-corrected chi connectivity index (χ2v) is 6.62. The molecule has 2 aromatic rings. The molecule has 0 aliphatic carbocycles. The second-order valence-electron chi connectivity index (χ2n) is 6.62. The van der Waals surface area contributed by atoms with E-state index in [0.717, 1.165) is 0 Å². The molecule has 134 valence electrons. The van der Waals surface area contributed by atoms with Crippen LogP contribution in [0.25, 0.3) is 0 Å². The Bertz CT molecular complexity index is 853. The van der Waals surface area contributed by atoms with Crippen LogP contribution in [0, 0.1) is 5.41 Å². The molecule has 0 radical (unpaired) electrons. The first-order chi connectivity index (χ1) is 12.4. The number of nitrogens with one attached hydrogen (secondary N) is 1. The Morgan fingerprint density at radius 1 is 1.19 bits per heavy atom.